The summed E-state index contributed by atoms with van der Waals surface area (Å²) in [5, 5.41) is 11.8. The Hall–Kier alpha value is -1.56. The highest BCUT2D eigenvalue weighted by atomic mass is 19.1. The first-order chi connectivity index (χ1) is 7.58. The fourth-order valence-electron chi connectivity index (χ4n) is 1.64. The molecule has 0 bridgehead atoms. The minimum Gasteiger partial charge on any atom is -0.380 e. The molecule has 0 saturated heterocycles. The molecular formula is C13H17FN2. The summed E-state index contributed by atoms with van der Waals surface area (Å²) in [6, 6.07) is 6.68. The first-order valence-electron chi connectivity index (χ1n) is 5.54. The van der Waals surface area contributed by atoms with Crippen LogP contribution in [-0.2, 0) is 0 Å². The fourth-order valence-corrected chi connectivity index (χ4v) is 1.64. The van der Waals surface area contributed by atoms with E-state index in [4.69, 9.17) is 5.26 Å². The van der Waals surface area contributed by atoms with Gasteiger partial charge in [-0.05, 0) is 30.5 Å². The first kappa shape index (κ1) is 12.5. The Kier molecular flexibility index (Phi) is 4.30. The number of halogens is 1. The Labute approximate surface area is 96.1 Å². The van der Waals surface area contributed by atoms with E-state index >= 15 is 0 Å². The van der Waals surface area contributed by atoms with Crippen molar-refractivity contribution in [1.82, 2.24) is 0 Å². The quantitative estimate of drug-likeness (QED) is 0.842. The number of rotatable bonds is 4. The van der Waals surface area contributed by atoms with Crippen LogP contribution in [0.4, 0.5) is 10.1 Å². The van der Waals surface area contributed by atoms with Gasteiger partial charge in [0, 0.05) is 6.04 Å². The zero-order valence-corrected chi connectivity index (χ0v) is 9.92. The molecule has 0 amide bonds. The van der Waals surface area contributed by atoms with Crippen LogP contribution in [0.5, 0.6) is 0 Å². The summed E-state index contributed by atoms with van der Waals surface area (Å²) in [5.74, 6) is 0.0817. The Morgan fingerprint density at radius 2 is 2.12 bits per heavy atom. The highest BCUT2D eigenvalue weighted by Crippen LogP contribution is 2.19. The van der Waals surface area contributed by atoms with Gasteiger partial charge in [-0.25, -0.2) is 4.39 Å². The second-order valence-electron chi connectivity index (χ2n) is 4.21. The van der Waals surface area contributed by atoms with Gasteiger partial charge in [-0.1, -0.05) is 20.8 Å². The predicted octanol–water partition coefficient (Wildman–Crippen LogP) is 3.54. The molecular weight excluding hydrogens is 203 g/mol. The lowest BCUT2D eigenvalue weighted by Gasteiger charge is -2.22. The zero-order valence-electron chi connectivity index (χ0n) is 9.92. The van der Waals surface area contributed by atoms with E-state index in [-0.39, 0.29) is 11.9 Å². The molecule has 86 valence electrons. The summed E-state index contributed by atoms with van der Waals surface area (Å²) in [6.45, 7) is 6.27. The van der Waals surface area contributed by atoms with Gasteiger partial charge in [0.2, 0.25) is 0 Å². The molecule has 0 radical (unpaired) electrons. The van der Waals surface area contributed by atoms with Crippen LogP contribution in [-0.4, -0.2) is 6.04 Å². The molecule has 1 aromatic carbocycles. The van der Waals surface area contributed by atoms with E-state index in [0.717, 1.165) is 6.42 Å². The van der Waals surface area contributed by atoms with Gasteiger partial charge in [-0.15, -0.1) is 0 Å². The highest BCUT2D eigenvalue weighted by molar-refractivity contribution is 5.49. The average molecular weight is 220 g/mol. The Morgan fingerprint density at radius 3 is 2.56 bits per heavy atom. The minimum atomic E-state index is -0.363. The summed E-state index contributed by atoms with van der Waals surface area (Å²) in [4.78, 5) is 0. The first-order valence-corrected chi connectivity index (χ1v) is 5.54. The number of nitrogens with one attached hydrogen (secondary N) is 1. The van der Waals surface area contributed by atoms with Crippen molar-refractivity contribution in [3.05, 3.63) is 29.6 Å². The van der Waals surface area contributed by atoms with Crippen LogP contribution >= 0.6 is 0 Å². The van der Waals surface area contributed by atoms with Crippen LogP contribution in [0.2, 0.25) is 0 Å². The number of hydrogen-bond acceptors (Lipinski definition) is 2. The average Bonchev–Trinajstić information content (AvgIpc) is 2.26. The molecule has 0 aliphatic heterocycles. The second kappa shape index (κ2) is 5.50. The van der Waals surface area contributed by atoms with Gasteiger partial charge < -0.3 is 5.32 Å². The Bertz CT molecular complexity index is 393. The van der Waals surface area contributed by atoms with Gasteiger partial charge >= 0.3 is 0 Å². The summed E-state index contributed by atoms with van der Waals surface area (Å²) < 4.78 is 13.6. The number of anilines is 1. The maximum absolute atomic E-state index is 13.6. The molecule has 0 heterocycles. The topological polar surface area (TPSA) is 35.8 Å². The number of nitriles is 1. The molecule has 0 aliphatic rings. The van der Waals surface area contributed by atoms with Crippen molar-refractivity contribution < 1.29 is 4.39 Å². The SMILES string of the molecule is CCC(Nc1ccc(C#N)cc1F)C(C)C. The van der Waals surface area contributed by atoms with Crippen molar-refractivity contribution in [2.24, 2.45) is 5.92 Å². The minimum absolute atomic E-state index is 0.252. The molecule has 16 heavy (non-hydrogen) atoms. The van der Waals surface area contributed by atoms with E-state index in [2.05, 4.69) is 26.1 Å². The molecule has 3 heteroatoms. The van der Waals surface area contributed by atoms with Crippen molar-refractivity contribution in [3.63, 3.8) is 0 Å². The van der Waals surface area contributed by atoms with Gasteiger partial charge in [-0.3, -0.25) is 0 Å². The summed E-state index contributed by atoms with van der Waals surface area (Å²) in [7, 11) is 0. The van der Waals surface area contributed by atoms with Crippen LogP contribution in [0, 0.1) is 23.1 Å². The van der Waals surface area contributed by atoms with Crippen molar-refractivity contribution in [1.29, 1.82) is 5.26 Å². The molecule has 0 aromatic heterocycles. The fraction of sp³-hybridized carbons (Fsp3) is 0.462. The maximum atomic E-state index is 13.6. The van der Waals surface area contributed by atoms with E-state index in [1.807, 2.05) is 6.07 Å². The van der Waals surface area contributed by atoms with E-state index in [1.54, 1.807) is 12.1 Å². The molecule has 2 nitrogen and oxygen atoms in total. The van der Waals surface area contributed by atoms with Gasteiger partial charge in [0.05, 0.1) is 17.3 Å². The number of benzene rings is 1. The number of hydrogen-bond donors (Lipinski definition) is 1. The lowest BCUT2D eigenvalue weighted by Crippen LogP contribution is -2.25. The summed E-state index contributed by atoms with van der Waals surface area (Å²) in [6.07, 6.45) is 0.942. The number of nitrogens with zero attached hydrogens (tertiary/aromatic N) is 1. The normalized spacial score (nSPS) is 12.2. The molecule has 0 fully saturated rings. The zero-order chi connectivity index (χ0) is 12.1. The van der Waals surface area contributed by atoms with Gasteiger partial charge in [0.15, 0.2) is 0 Å². The van der Waals surface area contributed by atoms with Crippen LogP contribution in [0.25, 0.3) is 0 Å². The monoisotopic (exact) mass is 220 g/mol. The third kappa shape index (κ3) is 2.96. The third-order valence-electron chi connectivity index (χ3n) is 2.68. The molecule has 1 aromatic rings. The van der Waals surface area contributed by atoms with E-state index in [1.165, 1.54) is 6.07 Å². The second-order valence-corrected chi connectivity index (χ2v) is 4.21. The third-order valence-corrected chi connectivity index (χ3v) is 2.68. The van der Waals surface area contributed by atoms with Crippen molar-refractivity contribution in [2.75, 3.05) is 5.32 Å². The lowest BCUT2D eigenvalue weighted by molar-refractivity contribution is 0.507. The van der Waals surface area contributed by atoms with E-state index in [0.29, 0.717) is 17.2 Å². The largest absolute Gasteiger partial charge is 0.380 e. The molecule has 1 atom stereocenters. The molecule has 0 spiro atoms. The molecule has 0 saturated carbocycles. The van der Waals surface area contributed by atoms with Crippen LogP contribution < -0.4 is 5.32 Å². The van der Waals surface area contributed by atoms with Crippen LogP contribution in [0.3, 0.4) is 0 Å². The van der Waals surface area contributed by atoms with Crippen molar-refractivity contribution in [2.45, 2.75) is 33.2 Å². The van der Waals surface area contributed by atoms with Gasteiger partial charge in [-0.2, -0.15) is 5.26 Å². The molecule has 0 aliphatic carbocycles. The van der Waals surface area contributed by atoms with Gasteiger partial charge in [0.25, 0.3) is 0 Å². The Balaban J connectivity index is 2.86. The highest BCUT2D eigenvalue weighted by Gasteiger charge is 2.12. The van der Waals surface area contributed by atoms with Crippen molar-refractivity contribution >= 4 is 5.69 Å². The smallest absolute Gasteiger partial charge is 0.147 e. The summed E-state index contributed by atoms with van der Waals surface area (Å²) in [5.41, 5.74) is 0.820. The predicted molar refractivity (Wildman–Crippen MR) is 63.7 cm³/mol. The summed E-state index contributed by atoms with van der Waals surface area (Å²) >= 11 is 0. The van der Waals surface area contributed by atoms with E-state index in [9.17, 15) is 4.39 Å². The molecule has 1 N–H and O–H groups in total. The van der Waals surface area contributed by atoms with Gasteiger partial charge in [0.1, 0.15) is 5.82 Å². The molecule has 1 rings (SSSR count). The van der Waals surface area contributed by atoms with Crippen molar-refractivity contribution in [3.8, 4) is 6.07 Å². The molecule has 1 unspecified atom stereocenters. The Morgan fingerprint density at radius 1 is 1.44 bits per heavy atom. The standard InChI is InChI=1S/C13H17FN2/c1-4-12(9(2)3)16-13-6-5-10(8-15)7-11(13)14/h5-7,9,12,16H,4H2,1-3H3. The van der Waals surface area contributed by atoms with Crippen LogP contribution in [0.15, 0.2) is 18.2 Å². The lowest BCUT2D eigenvalue weighted by atomic mass is 10.0. The maximum Gasteiger partial charge on any atom is 0.147 e. The van der Waals surface area contributed by atoms with E-state index < -0.39 is 0 Å². The van der Waals surface area contributed by atoms with Crippen LogP contribution in [0.1, 0.15) is 32.8 Å².